The van der Waals surface area contributed by atoms with Crippen LogP contribution in [0, 0.1) is 0 Å². The maximum absolute atomic E-state index is 6.00. The quantitative estimate of drug-likeness (QED) is 0.305. The van der Waals surface area contributed by atoms with Crippen molar-refractivity contribution < 1.29 is 4.74 Å². The van der Waals surface area contributed by atoms with Gasteiger partial charge in [-0.1, -0.05) is 60.7 Å². The summed E-state index contributed by atoms with van der Waals surface area (Å²) in [7, 11) is -2.01. The maximum atomic E-state index is 6.00. The van der Waals surface area contributed by atoms with Gasteiger partial charge >= 0.3 is 0 Å². The fourth-order valence-corrected chi connectivity index (χ4v) is 7.12. The van der Waals surface area contributed by atoms with Crippen LogP contribution in [0.5, 0.6) is 0 Å². The second kappa shape index (κ2) is 9.35. The molecular weight excluding hydrogens is 347 g/mol. The summed E-state index contributed by atoms with van der Waals surface area (Å²) in [5, 5.41) is 3.97. The molecule has 27 heavy (non-hydrogen) atoms. The highest BCUT2D eigenvalue weighted by Crippen LogP contribution is 2.57. The average molecular weight is 373 g/mol. The molecule has 0 N–H and O–H groups in total. The topological polar surface area (TPSA) is 9.23 Å². The molecule has 0 aliphatic heterocycles. The van der Waals surface area contributed by atoms with Gasteiger partial charge < -0.3 is 4.74 Å². The van der Waals surface area contributed by atoms with Gasteiger partial charge in [0.05, 0.1) is 6.61 Å². The molecule has 0 aromatic heterocycles. The number of rotatable bonds is 7. The molecule has 0 spiro atoms. The van der Waals surface area contributed by atoms with Gasteiger partial charge in [0, 0.05) is 0 Å². The Morgan fingerprint density at radius 2 is 1.15 bits per heavy atom. The van der Waals surface area contributed by atoms with E-state index in [0.717, 1.165) is 5.76 Å². The summed E-state index contributed by atoms with van der Waals surface area (Å²) in [5.41, 5.74) is 0. The highest BCUT2D eigenvalue weighted by molar-refractivity contribution is 7.98. The van der Waals surface area contributed by atoms with Crippen molar-refractivity contribution in [3.63, 3.8) is 0 Å². The van der Waals surface area contributed by atoms with Crippen LogP contribution < -0.4 is 15.9 Å². The smallest absolute Gasteiger partial charge is 0.154 e. The second-order valence-corrected chi connectivity index (χ2v) is 9.45. The minimum Gasteiger partial charge on any atom is -0.490 e. The monoisotopic (exact) mass is 373 g/mol. The van der Waals surface area contributed by atoms with Gasteiger partial charge in [-0.15, -0.1) is 0 Å². The largest absolute Gasteiger partial charge is 0.490 e. The zero-order chi connectivity index (χ0) is 19.0. The summed E-state index contributed by atoms with van der Waals surface area (Å²) in [6.45, 7) is 4.71. The molecule has 0 unspecified atom stereocenters. The van der Waals surface area contributed by atoms with Crippen molar-refractivity contribution >= 4 is 23.2 Å². The molecule has 1 nitrogen and oxygen atoms in total. The third-order valence-electron chi connectivity index (χ3n) is 4.45. The molecule has 0 aliphatic rings. The van der Waals surface area contributed by atoms with E-state index >= 15 is 0 Å². The van der Waals surface area contributed by atoms with E-state index in [-0.39, 0.29) is 0 Å². The van der Waals surface area contributed by atoms with Crippen LogP contribution in [0.3, 0.4) is 0 Å². The molecule has 0 radical (unpaired) electrons. The van der Waals surface area contributed by atoms with Gasteiger partial charge in [0.2, 0.25) is 0 Å². The lowest BCUT2D eigenvalue weighted by atomic mass is 10.4. The Hall–Kier alpha value is -2.63. The van der Waals surface area contributed by atoms with Crippen molar-refractivity contribution in [2.45, 2.75) is 13.8 Å². The standard InChI is InChI=1S/C25H26OP/c1-3-14-22(26-4-2)21-27(23-15-8-5-9-16-23,24-17-10-6-11-18-24)25-19-12-7-13-20-25/h3,5-21H,4H2,1-2H3/q+1. The van der Waals surface area contributed by atoms with E-state index in [9.17, 15) is 0 Å². The van der Waals surface area contributed by atoms with Crippen LogP contribution in [0.4, 0.5) is 0 Å². The molecule has 0 saturated heterocycles. The predicted octanol–water partition coefficient (Wildman–Crippen LogP) is 5.43. The van der Waals surface area contributed by atoms with Crippen molar-refractivity contribution in [1.29, 1.82) is 0 Å². The number of allylic oxidation sites excluding steroid dienone is 2. The van der Waals surface area contributed by atoms with Crippen molar-refractivity contribution in [1.82, 2.24) is 0 Å². The summed E-state index contributed by atoms with van der Waals surface area (Å²) < 4.78 is 6.00. The third kappa shape index (κ3) is 4.21. The van der Waals surface area contributed by atoms with Crippen LogP contribution in [0.2, 0.25) is 0 Å². The van der Waals surface area contributed by atoms with Crippen LogP contribution in [-0.4, -0.2) is 6.61 Å². The Kier molecular flexibility index (Phi) is 6.63. The maximum Gasteiger partial charge on any atom is 0.154 e. The molecule has 0 atom stereocenters. The predicted molar refractivity (Wildman–Crippen MR) is 120 cm³/mol. The van der Waals surface area contributed by atoms with Crippen LogP contribution >= 0.6 is 7.26 Å². The first kappa shape index (κ1) is 19.1. The minimum atomic E-state index is -2.01. The van der Waals surface area contributed by atoms with Crippen molar-refractivity contribution in [3.05, 3.63) is 115 Å². The van der Waals surface area contributed by atoms with E-state index in [1.165, 1.54) is 15.9 Å². The fraction of sp³-hybridized carbons (Fsp3) is 0.120. The van der Waals surface area contributed by atoms with Crippen molar-refractivity contribution in [2.75, 3.05) is 6.61 Å². The van der Waals surface area contributed by atoms with Crippen LogP contribution in [0.15, 0.2) is 115 Å². The molecular formula is C25H26OP+. The van der Waals surface area contributed by atoms with E-state index in [1.54, 1.807) is 0 Å². The first-order chi connectivity index (χ1) is 13.3. The van der Waals surface area contributed by atoms with E-state index in [4.69, 9.17) is 4.74 Å². The lowest BCUT2D eigenvalue weighted by molar-refractivity contribution is 0.243. The molecule has 0 aliphatic carbocycles. The van der Waals surface area contributed by atoms with Gasteiger partial charge in [-0.25, -0.2) is 0 Å². The van der Waals surface area contributed by atoms with Crippen LogP contribution in [0.25, 0.3) is 0 Å². The first-order valence-electron chi connectivity index (χ1n) is 9.35. The molecule has 0 saturated carbocycles. The van der Waals surface area contributed by atoms with E-state index in [1.807, 2.05) is 19.9 Å². The second-order valence-electron chi connectivity index (χ2n) is 6.19. The zero-order valence-electron chi connectivity index (χ0n) is 16.0. The lowest BCUT2D eigenvalue weighted by Crippen LogP contribution is -2.30. The van der Waals surface area contributed by atoms with Crippen LogP contribution in [0.1, 0.15) is 13.8 Å². The summed E-state index contributed by atoms with van der Waals surface area (Å²) in [4.78, 5) is 0. The summed E-state index contributed by atoms with van der Waals surface area (Å²) >= 11 is 0. The number of hydrogen-bond donors (Lipinski definition) is 0. The minimum absolute atomic E-state index is 0.647. The van der Waals surface area contributed by atoms with Crippen molar-refractivity contribution in [2.24, 2.45) is 0 Å². The normalized spacial score (nSPS) is 12.3. The van der Waals surface area contributed by atoms with Gasteiger partial charge in [0.1, 0.15) is 29.0 Å². The third-order valence-corrected chi connectivity index (χ3v) is 8.43. The molecule has 2 heteroatoms. The van der Waals surface area contributed by atoms with Gasteiger partial charge in [-0.2, -0.15) is 0 Å². The number of hydrogen-bond acceptors (Lipinski definition) is 1. The molecule has 0 bridgehead atoms. The Morgan fingerprint density at radius 3 is 1.48 bits per heavy atom. The summed E-state index contributed by atoms with van der Waals surface area (Å²) in [6, 6.07) is 32.4. The summed E-state index contributed by atoms with van der Waals surface area (Å²) in [6.07, 6.45) is 4.10. The Morgan fingerprint density at radius 1 is 0.741 bits per heavy atom. The van der Waals surface area contributed by atoms with Crippen LogP contribution in [-0.2, 0) is 4.74 Å². The SMILES string of the molecule is CC=CC(=C[P+](c1ccccc1)(c1ccccc1)c1ccccc1)OCC. The Bertz CT molecular complexity index is 787. The molecule has 0 fully saturated rings. The highest BCUT2D eigenvalue weighted by Gasteiger charge is 2.44. The Labute approximate surface area is 163 Å². The molecule has 3 rings (SSSR count). The summed E-state index contributed by atoms with van der Waals surface area (Å²) in [5.74, 6) is 3.28. The average Bonchev–Trinajstić information content (AvgIpc) is 2.74. The lowest BCUT2D eigenvalue weighted by Gasteiger charge is -2.24. The van der Waals surface area contributed by atoms with E-state index in [0.29, 0.717) is 6.61 Å². The van der Waals surface area contributed by atoms with Gasteiger partial charge in [0.25, 0.3) is 0 Å². The van der Waals surface area contributed by atoms with Gasteiger partial charge in [0.15, 0.2) is 5.76 Å². The molecule has 0 heterocycles. The highest BCUT2D eigenvalue weighted by atomic mass is 31.2. The number of ether oxygens (including phenoxy) is 1. The fourth-order valence-electron chi connectivity index (χ4n) is 3.31. The van der Waals surface area contributed by atoms with E-state index < -0.39 is 7.26 Å². The van der Waals surface area contributed by atoms with Gasteiger partial charge in [-0.05, 0) is 56.3 Å². The molecule has 3 aromatic carbocycles. The zero-order valence-corrected chi connectivity index (χ0v) is 16.8. The molecule has 0 amide bonds. The Balaban J connectivity index is 2.37. The van der Waals surface area contributed by atoms with Crippen molar-refractivity contribution in [3.8, 4) is 0 Å². The first-order valence-corrected chi connectivity index (χ1v) is 11.2. The molecule has 136 valence electrons. The molecule has 3 aromatic rings. The van der Waals surface area contributed by atoms with E-state index in [2.05, 4.69) is 103 Å². The van der Waals surface area contributed by atoms with Gasteiger partial charge in [-0.3, -0.25) is 0 Å². The number of benzene rings is 3.